The van der Waals surface area contributed by atoms with E-state index in [0.29, 0.717) is 17.8 Å². The largest absolute Gasteiger partial charge is 0.0657 e. The SMILES string of the molecule is CC(C)c1cc(C(C)C)c(P2Cc3cccc4cccc(c34)C2)c(C(C)C)c1. The molecule has 1 aliphatic rings. The topological polar surface area (TPSA) is 0 Å². The molecule has 1 aliphatic heterocycles. The van der Waals surface area contributed by atoms with Crippen LogP contribution in [0, 0.1) is 0 Å². The lowest BCUT2D eigenvalue weighted by molar-refractivity contribution is 0.813. The fourth-order valence-electron chi connectivity index (χ4n) is 4.67. The molecule has 0 amide bonds. The molecule has 1 heteroatoms. The molecule has 0 nitrogen and oxygen atoms in total. The van der Waals surface area contributed by atoms with E-state index in [9.17, 15) is 0 Å². The number of hydrogen-bond donors (Lipinski definition) is 0. The van der Waals surface area contributed by atoms with Gasteiger partial charge in [-0.3, -0.25) is 0 Å². The minimum atomic E-state index is -0.217. The second-order valence-electron chi connectivity index (χ2n) is 9.30. The van der Waals surface area contributed by atoms with Gasteiger partial charge in [-0.25, -0.2) is 0 Å². The molecular weight excluding hydrogens is 355 g/mol. The molecule has 0 bridgehead atoms. The van der Waals surface area contributed by atoms with Crippen molar-refractivity contribution in [2.24, 2.45) is 0 Å². The molecule has 28 heavy (non-hydrogen) atoms. The van der Waals surface area contributed by atoms with Crippen LogP contribution < -0.4 is 5.30 Å². The molecule has 0 saturated carbocycles. The van der Waals surface area contributed by atoms with Gasteiger partial charge >= 0.3 is 0 Å². The van der Waals surface area contributed by atoms with Crippen LogP contribution in [0.5, 0.6) is 0 Å². The van der Waals surface area contributed by atoms with Gasteiger partial charge in [-0.05, 0) is 74.0 Å². The van der Waals surface area contributed by atoms with Gasteiger partial charge in [-0.15, -0.1) is 0 Å². The van der Waals surface area contributed by atoms with Crippen molar-refractivity contribution in [1.82, 2.24) is 0 Å². The van der Waals surface area contributed by atoms with Gasteiger partial charge in [0.25, 0.3) is 0 Å². The van der Waals surface area contributed by atoms with Crippen molar-refractivity contribution in [3.05, 3.63) is 76.3 Å². The summed E-state index contributed by atoms with van der Waals surface area (Å²) in [4.78, 5) is 0. The van der Waals surface area contributed by atoms with Gasteiger partial charge in [0.05, 0.1) is 0 Å². The summed E-state index contributed by atoms with van der Waals surface area (Å²) in [6, 6.07) is 18.8. The fraction of sp³-hybridized carbons (Fsp3) is 0.407. The predicted molar refractivity (Wildman–Crippen MR) is 127 cm³/mol. The first kappa shape index (κ1) is 19.7. The molecule has 1 heterocycles. The van der Waals surface area contributed by atoms with E-state index in [1.165, 1.54) is 28.7 Å². The minimum absolute atomic E-state index is 0.217. The highest BCUT2D eigenvalue weighted by Crippen LogP contribution is 2.52. The zero-order chi connectivity index (χ0) is 20.0. The molecule has 0 radical (unpaired) electrons. The van der Waals surface area contributed by atoms with E-state index in [4.69, 9.17) is 0 Å². The van der Waals surface area contributed by atoms with Crippen molar-refractivity contribution in [3.8, 4) is 0 Å². The molecule has 0 N–H and O–H groups in total. The zero-order valence-corrected chi connectivity index (χ0v) is 19.1. The third kappa shape index (κ3) is 3.42. The molecule has 146 valence electrons. The van der Waals surface area contributed by atoms with Crippen molar-refractivity contribution < 1.29 is 0 Å². The molecular formula is C27H33P. The zero-order valence-electron chi connectivity index (χ0n) is 18.2. The van der Waals surface area contributed by atoms with Gasteiger partial charge < -0.3 is 0 Å². The highest BCUT2D eigenvalue weighted by atomic mass is 31.1. The van der Waals surface area contributed by atoms with Crippen molar-refractivity contribution in [2.45, 2.75) is 71.6 Å². The Morgan fingerprint density at radius 2 is 1.18 bits per heavy atom. The van der Waals surface area contributed by atoms with Crippen LogP contribution in [0.2, 0.25) is 0 Å². The Morgan fingerprint density at radius 1 is 0.679 bits per heavy atom. The summed E-state index contributed by atoms with van der Waals surface area (Å²) in [5, 5.41) is 4.64. The van der Waals surface area contributed by atoms with Gasteiger partial charge in [-0.1, -0.05) is 98.0 Å². The Bertz CT molecular complexity index is 940. The Labute approximate surface area is 172 Å². The van der Waals surface area contributed by atoms with Gasteiger partial charge in [0.2, 0.25) is 0 Å². The molecule has 0 aromatic heterocycles. The summed E-state index contributed by atoms with van der Waals surface area (Å²) in [5.41, 5.74) is 7.83. The van der Waals surface area contributed by atoms with Gasteiger partial charge in [-0.2, -0.15) is 0 Å². The molecule has 0 unspecified atom stereocenters. The molecule has 3 aromatic rings. The van der Waals surface area contributed by atoms with Crippen LogP contribution >= 0.6 is 7.92 Å². The van der Waals surface area contributed by atoms with Crippen LogP contribution in [-0.2, 0) is 12.3 Å². The molecule has 0 fully saturated rings. The van der Waals surface area contributed by atoms with Crippen molar-refractivity contribution in [1.29, 1.82) is 0 Å². The van der Waals surface area contributed by atoms with Crippen LogP contribution in [0.15, 0.2) is 48.5 Å². The van der Waals surface area contributed by atoms with Crippen LogP contribution in [-0.4, -0.2) is 0 Å². The summed E-state index contributed by atoms with van der Waals surface area (Å²) in [7, 11) is -0.217. The first-order valence-electron chi connectivity index (χ1n) is 10.8. The van der Waals surface area contributed by atoms with Crippen molar-refractivity contribution in [2.75, 3.05) is 0 Å². The smallest absolute Gasteiger partial charge is 0.00233 e. The van der Waals surface area contributed by atoms with Crippen LogP contribution in [0.4, 0.5) is 0 Å². The quantitative estimate of drug-likeness (QED) is 0.397. The predicted octanol–water partition coefficient (Wildman–Crippen LogP) is 8.03. The van der Waals surface area contributed by atoms with Gasteiger partial charge in [0, 0.05) is 0 Å². The van der Waals surface area contributed by atoms with Crippen molar-refractivity contribution in [3.63, 3.8) is 0 Å². The molecule has 0 spiro atoms. The fourth-order valence-corrected chi connectivity index (χ4v) is 7.83. The molecule has 4 rings (SSSR count). The third-order valence-corrected chi connectivity index (χ3v) is 8.81. The third-order valence-electron chi connectivity index (χ3n) is 6.22. The van der Waals surface area contributed by atoms with Crippen LogP contribution in [0.1, 0.15) is 87.1 Å². The number of hydrogen-bond acceptors (Lipinski definition) is 0. The van der Waals surface area contributed by atoms with E-state index in [1.54, 1.807) is 27.6 Å². The maximum absolute atomic E-state index is 2.53. The van der Waals surface area contributed by atoms with Crippen LogP contribution in [0.3, 0.4) is 0 Å². The maximum atomic E-state index is 2.53. The molecule has 0 saturated heterocycles. The lowest BCUT2D eigenvalue weighted by atomic mass is 9.89. The monoisotopic (exact) mass is 388 g/mol. The standard InChI is InChI=1S/C27H33P/c1-17(2)23-13-24(18(3)4)27(25(14-23)19(5)6)28-15-21-11-7-9-20-10-8-12-22(16-28)26(20)21/h7-14,17-19H,15-16H2,1-6H3. The second-order valence-corrected chi connectivity index (χ2v) is 11.5. The molecule has 0 atom stereocenters. The number of rotatable bonds is 4. The van der Waals surface area contributed by atoms with E-state index in [2.05, 4.69) is 90.1 Å². The Hall–Kier alpha value is -1.65. The lowest BCUT2D eigenvalue weighted by Crippen LogP contribution is -2.21. The highest BCUT2D eigenvalue weighted by Gasteiger charge is 2.27. The van der Waals surface area contributed by atoms with E-state index in [0.717, 1.165) is 0 Å². The van der Waals surface area contributed by atoms with Gasteiger partial charge in [0.1, 0.15) is 0 Å². The van der Waals surface area contributed by atoms with Gasteiger partial charge in [0.15, 0.2) is 0 Å². The minimum Gasteiger partial charge on any atom is -0.0657 e. The van der Waals surface area contributed by atoms with E-state index in [-0.39, 0.29) is 7.92 Å². The highest BCUT2D eigenvalue weighted by molar-refractivity contribution is 7.64. The summed E-state index contributed by atoms with van der Waals surface area (Å²) < 4.78 is 0. The Morgan fingerprint density at radius 3 is 1.61 bits per heavy atom. The first-order valence-corrected chi connectivity index (χ1v) is 12.5. The maximum Gasteiger partial charge on any atom is -0.00233 e. The van der Waals surface area contributed by atoms with Crippen molar-refractivity contribution >= 4 is 24.0 Å². The van der Waals surface area contributed by atoms with E-state index in [1.807, 2.05) is 0 Å². The van der Waals surface area contributed by atoms with E-state index >= 15 is 0 Å². The Balaban J connectivity index is 1.89. The molecule has 0 aliphatic carbocycles. The second kappa shape index (κ2) is 7.64. The average Bonchev–Trinajstić information content (AvgIpc) is 2.67. The van der Waals surface area contributed by atoms with Crippen LogP contribution in [0.25, 0.3) is 10.8 Å². The summed E-state index contributed by atoms with van der Waals surface area (Å²) >= 11 is 0. The number of benzene rings is 3. The normalized spacial score (nSPS) is 14.6. The van der Waals surface area contributed by atoms with E-state index < -0.39 is 0 Å². The summed E-state index contributed by atoms with van der Waals surface area (Å²) in [6.07, 6.45) is 2.45. The average molecular weight is 389 g/mol. The summed E-state index contributed by atoms with van der Waals surface area (Å²) in [5.74, 6) is 1.72. The Kier molecular flexibility index (Phi) is 5.36. The first-order chi connectivity index (χ1) is 13.4. The summed E-state index contributed by atoms with van der Waals surface area (Å²) in [6.45, 7) is 14.2. The lowest BCUT2D eigenvalue weighted by Gasteiger charge is -2.32. The molecule has 3 aromatic carbocycles.